The van der Waals surface area contributed by atoms with Crippen LogP contribution in [-0.4, -0.2) is 17.0 Å². The van der Waals surface area contributed by atoms with Crippen LogP contribution in [0, 0.1) is 0 Å². The average Bonchev–Trinajstić information content (AvgIpc) is 2.92. The smallest absolute Gasteiger partial charge is 0.305 e. The van der Waals surface area contributed by atoms with Crippen LogP contribution in [0.25, 0.3) is 0 Å². The van der Waals surface area contributed by atoms with Crippen molar-refractivity contribution in [1.29, 1.82) is 0 Å². The Morgan fingerprint density at radius 3 is 2.47 bits per heavy atom. The molecule has 1 aromatic carbocycles. The van der Waals surface area contributed by atoms with Crippen molar-refractivity contribution in [3.63, 3.8) is 0 Å². The van der Waals surface area contributed by atoms with Crippen LogP contribution in [0.5, 0.6) is 0 Å². The molecule has 19 heavy (non-hydrogen) atoms. The van der Waals surface area contributed by atoms with Crippen molar-refractivity contribution in [3.8, 4) is 0 Å². The van der Waals surface area contributed by atoms with E-state index in [2.05, 4.69) is 5.32 Å². The number of hydrogen-bond donors (Lipinski definition) is 2. The summed E-state index contributed by atoms with van der Waals surface area (Å²) in [5.41, 5.74) is 0.741. The second kappa shape index (κ2) is 5.86. The maximum absolute atomic E-state index is 11.9. The summed E-state index contributed by atoms with van der Waals surface area (Å²) >= 11 is 0. The number of furan rings is 1. The first-order valence-corrected chi connectivity index (χ1v) is 5.78. The molecule has 2 aromatic rings. The first kappa shape index (κ1) is 12.9. The minimum atomic E-state index is -0.978. The van der Waals surface area contributed by atoms with Crippen LogP contribution >= 0.6 is 0 Å². The predicted molar refractivity (Wildman–Crippen MR) is 67.6 cm³/mol. The Hall–Kier alpha value is -2.56. The van der Waals surface area contributed by atoms with Crippen molar-refractivity contribution in [2.45, 2.75) is 12.5 Å². The monoisotopic (exact) mass is 259 g/mol. The van der Waals surface area contributed by atoms with Gasteiger partial charge in [-0.25, -0.2) is 0 Å². The zero-order valence-electron chi connectivity index (χ0n) is 10.1. The van der Waals surface area contributed by atoms with Crippen LogP contribution in [0.1, 0.15) is 28.6 Å². The highest BCUT2D eigenvalue weighted by molar-refractivity contribution is 5.91. The van der Waals surface area contributed by atoms with Crippen LogP contribution in [0.3, 0.4) is 0 Å². The molecule has 1 heterocycles. The Balaban J connectivity index is 2.15. The number of rotatable bonds is 5. The molecule has 1 unspecified atom stereocenters. The van der Waals surface area contributed by atoms with E-state index in [1.807, 2.05) is 6.07 Å². The highest BCUT2D eigenvalue weighted by Crippen LogP contribution is 2.17. The number of carbonyl (C=O) groups excluding carboxylic acids is 1. The van der Waals surface area contributed by atoms with Crippen molar-refractivity contribution in [3.05, 3.63) is 60.1 Å². The van der Waals surface area contributed by atoms with E-state index >= 15 is 0 Å². The first-order chi connectivity index (χ1) is 9.16. The van der Waals surface area contributed by atoms with Crippen molar-refractivity contribution >= 4 is 11.9 Å². The van der Waals surface area contributed by atoms with Gasteiger partial charge in [-0.05, 0) is 17.7 Å². The molecule has 0 saturated carbocycles. The Bertz CT molecular complexity index is 548. The fraction of sp³-hybridized carbons (Fsp3) is 0.143. The molecule has 1 amide bonds. The summed E-state index contributed by atoms with van der Waals surface area (Å²) < 4.78 is 4.98. The molecule has 5 nitrogen and oxygen atoms in total. The summed E-state index contributed by atoms with van der Waals surface area (Å²) in [5.74, 6) is -1.25. The number of nitrogens with one attached hydrogen (secondary N) is 1. The summed E-state index contributed by atoms with van der Waals surface area (Å²) in [4.78, 5) is 22.7. The number of benzene rings is 1. The summed E-state index contributed by atoms with van der Waals surface area (Å²) in [6.45, 7) is 0. The van der Waals surface area contributed by atoms with Gasteiger partial charge in [0.1, 0.15) is 0 Å². The molecule has 0 saturated heterocycles. The molecule has 2 rings (SSSR count). The lowest BCUT2D eigenvalue weighted by atomic mass is 10.0. The molecule has 0 spiro atoms. The van der Waals surface area contributed by atoms with Crippen molar-refractivity contribution in [2.75, 3.05) is 0 Å². The molecule has 1 atom stereocenters. The van der Waals surface area contributed by atoms with Gasteiger partial charge in [0.15, 0.2) is 5.76 Å². The molecule has 0 aliphatic carbocycles. The fourth-order valence-electron chi connectivity index (χ4n) is 1.75. The van der Waals surface area contributed by atoms with Gasteiger partial charge in [-0.15, -0.1) is 0 Å². The average molecular weight is 259 g/mol. The van der Waals surface area contributed by atoms with E-state index in [0.29, 0.717) is 0 Å². The molecular formula is C14H13NO4. The second-order valence-electron chi connectivity index (χ2n) is 4.01. The standard InChI is InChI=1S/C14H13NO4/c16-13(17)9-11(10-5-2-1-3-6-10)15-14(18)12-7-4-8-19-12/h1-8,11H,9H2,(H,15,18)(H,16,17). The van der Waals surface area contributed by atoms with Gasteiger partial charge in [0.25, 0.3) is 5.91 Å². The number of carbonyl (C=O) groups is 2. The first-order valence-electron chi connectivity index (χ1n) is 5.78. The van der Waals surface area contributed by atoms with Crippen LogP contribution in [-0.2, 0) is 4.79 Å². The van der Waals surface area contributed by atoms with Crippen molar-refractivity contribution < 1.29 is 19.1 Å². The number of hydrogen-bond acceptors (Lipinski definition) is 3. The van der Waals surface area contributed by atoms with Gasteiger partial charge in [-0.1, -0.05) is 30.3 Å². The Morgan fingerprint density at radius 1 is 1.16 bits per heavy atom. The molecule has 0 radical (unpaired) electrons. The Morgan fingerprint density at radius 2 is 1.89 bits per heavy atom. The SMILES string of the molecule is O=C(O)CC(NC(=O)c1ccco1)c1ccccc1. The largest absolute Gasteiger partial charge is 0.481 e. The van der Waals surface area contributed by atoms with E-state index in [-0.39, 0.29) is 12.2 Å². The van der Waals surface area contributed by atoms with Gasteiger partial charge < -0.3 is 14.8 Å². The topological polar surface area (TPSA) is 79.5 Å². The van der Waals surface area contributed by atoms with E-state index in [1.54, 1.807) is 30.3 Å². The van der Waals surface area contributed by atoms with Crippen LogP contribution in [0.15, 0.2) is 53.1 Å². The molecule has 5 heteroatoms. The molecule has 0 bridgehead atoms. The predicted octanol–water partition coefficient (Wildman–Crippen LogP) is 2.23. The lowest BCUT2D eigenvalue weighted by Crippen LogP contribution is -2.29. The molecular weight excluding hydrogens is 246 g/mol. The summed E-state index contributed by atoms with van der Waals surface area (Å²) in [6, 6.07) is 11.5. The minimum absolute atomic E-state index is 0.159. The van der Waals surface area contributed by atoms with Crippen LogP contribution in [0.4, 0.5) is 0 Å². The number of carboxylic acids is 1. The molecule has 2 N–H and O–H groups in total. The van der Waals surface area contributed by atoms with E-state index in [0.717, 1.165) is 5.56 Å². The van der Waals surface area contributed by atoms with E-state index in [1.165, 1.54) is 12.3 Å². The molecule has 1 aromatic heterocycles. The quantitative estimate of drug-likeness (QED) is 0.862. The second-order valence-corrected chi connectivity index (χ2v) is 4.01. The zero-order chi connectivity index (χ0) is 13.7. The number of carboxylic acid groups (broad SMARTS) is 1. The highest BCUT2D eigenvalue weighted by atomic mass is 16.4. The Labute approximate surface area is 109 Å². The molecule has 0 aliphatic rings. The van der Waals surface area contributed by atoms with Crippen molar-refractivity contribution in [2.24, 2.45) is 0 Å². The maximum Gasteiger partial charge on any atom is 0.305 e. The van der Waals surface area contributed by atoms with Crippen molar-refractivity contribution in [1.82, 2.24) is 5.32 Å². The molecule has 0 fully saturated rings. The van der Waals surface area contributed by atoms with Gasteiger partial charge in [-0.2, -0.15) is 0 Å². The lowest BCUT2D eigenvalue weighted by molar-refractivity contribution is -0.137. The van der Waals surface area contributed by atoms with Gasteiger partial charge >= 0.3 is 5.97 Å². The number of amides is 1. The zero-order valence-corrected chi connectivity index (χ0v) is 10.1. The summed E-state index contributed by atoms with van der Waals surface area (Å²) in [6.07, 6.45) is 1.21. The third kappa shape index (κ3) is 3.45. The third-order valence-corrected chi connectivity index (χ3v) is 2.63. The van der Waals surface area contributed by atoms with Gasteiger partial charge in [0.2, 0.25) is 0 Å². The highest BCUT2D eigenvalue weighted by Gasteiger charge is 2.19. The number of aliphatic carboxylic acids is 1. The van der Waals surface area contributed by atoms with E-state index in [4.69, 9.17) is 9.52 Å². The molecule has 0 aliphatic heterocycles. The fourth-order valence-corrected chi connectivity index (χ4v) is 1.75. The lowest BCUT2D eigenvalue weighted by Gasteiger charge is -2.16. The summed E-state index contributed by atoms with van der Waals surface area (Å²) in [7, 11) is 0. The maximum atomic E-state index is 11.9. The minimum Gasteiger partial charge on any atom is -0.481 e. The normalized spacial score (nSPS) is 11.8. The molecule has 98 valence electrons. The van der Waals surface area contributed by atoms with Gasteiger partial charge in [0, 0.05) is 0 Å². The van der Waals surface area contributed by atoms with Crippen LogP contribution < -0.4 is 5.32 Å². The van der Waals surface area contributed by atoms with E-state index in [9.17, 15) is 9.59 Å². The van der Waals surface area contributed by atoms with Gasteiger partial charge in [0.05, 0.1) is 18.7 Å². The third-order valence-electron chi connectivity index (χ3n) is 2.63. The summed E-state index contributed by atoms with van der Waals surface area (Å²) in [5, 5.41) is 11.6. The van der Waals surface area contributed by atoms with Gasteiger partial charge in [-0.3, -0.25) is 9.59 Å². The Kier molecular flexibility index (Phi) is 3.97. The van der Waals surface area contributed by atoms with Crippen LogP contribution in [0.2, 0.25) is 0 Å². The van der Waals surface area contributed by atoms with E-state index < -0.39 is 17.9 Å².